The van der Waals surface area contributed by atoms with Crippen molar-refractivity contribution in [3.8, 4) is 11.5 Å². The van der Waals surface area contributed by atoms with Crippen molar-refractivity contribution in [1.29, 1.82) is 0 Å². The molecule has 37 heavy (non-hydrogen) atoms. The Kier molecular flexibility index (Phi) is 5.26. The van der Waals surface area contributed by atoms with Crippen LogP contribution in [0.5, 0.6) is 11.5 Å². The molecule has 0 spiro atoms. The van der Waals surface area contributed by atoms with Crippen molar-refractivity contribution >= 4 is 29.1 Å². The van der Waals surface area contributed by atoms with Crippen LogP contribution in [0.15, 0.2) is 83.0 Å². The Morgan fingerprint density at radius 2 is 1.73 bits per heavy atom. The third-order valence-electron chi connectivity index (χ3n) is 8.13. The zero-order chi connectivity index (χ0) is 26.0. The highest BCUT2D eigenvalue weighted by Crippen LogP contribution is 2.56. The number of phenols is 1. The Bertz CT molecular complexity index is 1480. The third kappa shape index (κ3) is 3.34. The fourth-order valence-corrected chi connectivity index (χ4v) is 6.44. The third-order valence-corrected chi connectivity index (χ3v) is 8.13. The Morgan fingerprint density at radius 1 is 0.973 bits per heavy atom. The van der Waals surface area contributed by atoms with Gasteiger partial charge < -0.3 is 9.84 Å². The van der Waals surface area contributed by atoms with Crippen molar-refractivity contribution < 1.29 is 29.0 Å². The summed E-state index contributed by atoms with van der Waals surface area (Å²) < 4.78 is 5.24. The van der Waals surface area contributed by atoms with E-state index in [0.717, 1.165) is 5.57 Å². The molecule has 7 nitrogen and oxygen atoms in total. The molecule has 4 aliphatic rings. The number of benzene rings is 2. The number of fused-ring (bicyclic) bond motifs is 3. The van der Waals surface area contributed by atoms with Crippen molar-refractivity contribution in [2.45, 2.75) is 25.7 Å². The summed E-state index contributed by atoms with van der Waals surface area (Å²) in [5, 5.41) is 11.0. The van der Waals surface area contributed by atoms with Crippen LogP contribution in [0.25, 0.3) is 0 Å². The van der Waals surface area contributed by atoms with E-state index in [4.69, 9.17) is 4.74 Å². The van der Waals surface area contributed by atoms with E-state index in [1.54, 1.807) is 43.3 Å². The van der Waals surface area contributed by atoms with E-state index >= 15 is 0 Å². The molecule has 2 aromatic carbocycles. The van der Waals surface area contributed by atoms with Gasteiger partial charge in [-0.25, -0.2) is 0 Å². The van der Waals surface area contributed by atoms with Gasteiger partial charge in [-0.15, -0.1) is 0 Å². The first-order valence-electron chi connectivity index (χ1n) is 12.3. The van der Waals surface area contributed by atoms with E-state index < -0.39 is 23.7 Å². The number of carbonyl (C=O) groups is 4. The lowest BCUT2D eigenvalue weighted by molar-refractivity contribution is -0.123. The number of amides is 2. The maximum Gasteiger partial charge on any atom is 0.238 e. The first-order valence-corrected chi connectivity index (χ1v) is 12.3. The van der Waals surface area contributed by atoms with E-state index in [1.807, 2.05) is 12.1 Å². The van der Waals surface area contributed by atoms with Crippen LogP contribution in [-0.2, 0) is 19.2 Å². The number of aromatic hydroxyl groups is 1. The molecule has 1 fully saturated rings. The Hall–Kier alpha value is -4.26. The second-order valence-corrected chi connectivity index (χ2v) is 10.0. The molecule has 2 amide bonds. The number of hydrogen-bond donors (Lipinski definition) is 1. The Morgan fingerprint density at radius 3 is 2.43 bits per heavy atom. The summed E-state index contributed by atoms with van der Waals surface area (Å²) in [7, 11) is 1.49. The molecule has 0 saturated carbocycles. The molecule has 1 heterocycles. The van der Waals surface area contributed by atoms with Gasteiger partial charge in [0.2, 0.25) is 11.8 Å². The van der Waals surface area contributed by atoms with Gasteiger partial charge in [0.15, 0.2) is 11.6 Å². The minimum absolute atomic E-state index is 0.0629. The molecule has 0 aromatic heterocycles. The lowest BCUT2D eigenvalue weighted by Gasteiger charge is -2.42. The van der Waals surface area contributed by atoms with Crippen LogP contribution >= 0.6 is 0 Å². The summed E-state index contributed by atoms with van der Waals surface area (Å²) in [6.07, 6.45) is 3.83. The van der Waals surface area contributed by atoms with Crippen molar-refractivity contribution in [3.05, 3.63) is 88.5 Å². The van der Waals surface area contributed by atoms with Crippen LogP contribution in [0, 0.1) is 17.8 Å². The molecule has 4 atom stereocenters. The number of hydrogen-bond acceptors (Lipinski definition) is 6. The predicted molar refractivity (Wildman–Crippen MR) is 135 cm³/mol. The van der Waals surface area contributed by atoms with E-state index in [-0.39, 0.29) is 35.6 Å². The second kappa shape index (κ2) is 8.40. The molecule has 3 aliphatic carbocycles. The van der Waals surface area contributed by atoms with E-state index in [9.17, 15) is 24.3 Å². The molecule has 186 valence electrons. The number of para-hydroxylation sites is 1. The molecule has 4 unspecified atom stereocenters. The lowest BCUT2D eigenvalue weighted by atomic mass is 9.59. The van der Waals surface area contributed by atoms with Crippen molar-refractivity contribution in [1.82, 2.24) is 0 Å². The summed E-state index contributed by atoms with van der Waals surface area (Å²) in [5.41, 5.74) is 2.84. The van der Waals surface area contributed by atoms with Gasteiger partial charge in [0.25, 0.3) is 0 Å². The standard InChI is InChI=1S/C30H25NO6/c1-15-12-23(32)22-14-21-18(25(27(22)28(15)34)19-9-8-17(37-2)13-24(19)33)10-11-20-26(21)30(36)31(29(20)35)16-6-4-3-5-7-16/h3-10,12-13,20-21,25-26,33H,11,14H2,1-2H3. The maximum absolute atomic E-state index is 13.8. The molecular weight excluding hydrogens is 470 g/mol. The van der Waals surface area contributed by atoms with Crippen molar-refractivity contribution in [2.24, 2.45) is 17.8 Å². The average Bonchev–Trinajstić information content (AvgIpc) is 3.16. The number of anilines is 1. The number of methoxy groups -OCH3 is 1. The number of ketones is 2. The monoisotopic (exact) mass is 495 g/mol. The van der Waals surface area contributed by atoms with Crippen molar-refractivity contribution in [3.63, 3.8) is 0 Å². The van der Waals surface area contributed by atoms with Crippen LogP contribution in [-0.4, -0.2) is 35.6 Å². The molecule has 7 heteroatoms. The SMILES string of the molecule is COc1ccc(C2C3=CCC4C(=O)N(c5ccccc5)C(=O)C4C3CC3=C2C(=O)C(C)=CC3=O)c(O)c1. The second-order valence-electron chi connectivity index (χ2n) is 10.0. The van der Waals surface area contributed by atoms with Crippen molar-refractivity contribution in [2.75, 3.05) is 12.0 Å². The smallest absolute Gasteiger partial charge is 0.238 e. The summed E-state index contributed by atoms with van der Waals surface area (Å²) in [4.78, 5) is 55.1. The number of rotatable bonds is 3. The summed E-state index contributed by atoms with van der Waals surface area (Å²) >= 11 is 0. The number of allylic oxidation sites excluding steroid dienone is 6. The largest absolute Gasteiger partial charge is 0.507 e. The summed E-state index contributed by atoms with van der Waals surface area (Å²) in [5.74, 6) is -2.99. The highest BCUT2D eigenvalue weighted by atomic mass is 16.5. The van der Waals surface area contributed by atoms with Crippen LogP contribution in [0.4, 0.5) is 5.69 Å². The van der Waals surface area contributed by atoms with Gasteiger partial charge in [-0.1, -0.05) is 35.9 Å². The maximum atomic E-state index is 13.8. The lowest BCUT2D eigenvalue weighted by Crippen LogP contribution is -2.39. The molecule has 1 saturated heterocycles. The highest BCUT2D eigenvalue weighted by Gasteiger charge is 2.56. The van der Waals surface area contributed by atoms with Gasteiger partial charge in [0, 0.05) is 34.3 Å². The fourth-order valence-electron chi connectivity index (χ4n) is 6.44. The summed E-state index contributed by atoms with van der Waals surface area (Å²) in [6, 6.07) is 13.7. The zero-order valence-electron chi connectivity index (χ0n) is 20.4. The van der Waals surface area contributed by atoms with Crippen LogP contribution in [0.3, 0.4) is 0 Å². The number of nitrogens with zero attached hydrogens (tertiary/aromatic N) is 1. The topological polar surface area (TPSA) is 101 Å². The van der Waals surface area contributed by atoms with E-state index in [2.05, 4.69) is 0 Å². The predicted octanol–water partition coefficient (Wildman–Crippen LogP) is 4.03. The van der Waals surface area contributed by atoms with Crippen LogP contribution in [0.1, 0.15) is 31.2 Å². The quantitative estimate of drug-likeness (QED) is 0.392. The van der Waals surface area contributed by atoms with Gasteiger partial charge in [0.05, 0.1) is 24.6 Å². The first-order chi connectivity index (χ1) is 17.8. The minimum atomic E-state index is -0.700. The molecule has 0 bridgehead atoms. The van der Waals surface area contributed by atoms with Gasteiger partial charge in [-0.05, 0) is 50.0 Å². The first kappa shape index (κ1) is 23.2. The highest BCUT2D eigenvalue weighted by molar-refractivity contribution is 6.25. The molecule has 1 N–H and O–H groups in total. The molecule has 2 aromatic rings. The van der Waals surface area contributed by atoms with Gasteiger partial charge >= 0.3 is 0 Å². The number of ether oxygens (including phenoxy) is 1. The van der Waals surface area contributed by atoms with Gasteiger partial charge in [0.1, 0.15) is 11.5 Å². The number of carbonyl (C=O) groups excluding carboxylic acids is 4. The molecular formula is C30H25NO6. The fraction of sp³-hybridized carbons (Fsp3) is 0.267. The Balaban J connectivity index is 1.51. The van der Waals surface area contributed by atoms with Gasteiger partial charge in [-0.3, -0.25) is 24.1 Å². The number of Topliss-reactive ketones (excluding diaryl/α,β-unsaturated/α-hetero) is 1. The van der Waals surface area contributed by atoms with E-state index in [1.165, 1.54) is 24.2 Å². The normalized spacial score (nSPS) is 26.9. The van der Waals surface area contributed by atoms with E-state index in [0.29, 0.717) is 40.1 Å². The average molecular weight is 496 g/mol. The van der Waals surface area contributed by atoms with Crippen LogP contribution in [0.2, 0.25) is 0 Å². The molecule has 0 radical (unpaired) electrons. The number of imide groups is 1. The molecule has 1 aliphatic heterocycles. The minimum Gasteiger partial charge on any atom is -0.507 e. The zero-order valence-corrected chi connectivity index (χ0v) is 20.4. The summed E-state index contributed by atoms with van der Waals surface area (Å²) in [6.45, 7) is 1.61. The Labute approximate surface area is 213 Å². The van der Waals surface area contributed by atoms with Crippen LogP contribution < -0.4 is 9.64 Å². The molecule has 6 rings (SSSR count). The van der Waals surface area contributed by atoms with Gasteiger partial charge in [-0.2, -0.15) is 0 Å². The number of phenolic OH excluding ortho intramolecular Hbond substituents is 1.